The molecule has 1 heterocycles. The molecule has 1 aliphatic heterocycles. The number of rotatable bonds is 5. The molecule has 31 heavy (non-hydrogen) atoms. The minimum atomic E-state index is -3.90. The van der Waals surface area contributed by atoms with Gasteiger partial charge in [-0.25, -0.2) is 9.80 Å². The lowest BCUT2D eigenvalue weighted by Gasteiger charge is -2.18. The van der Waals surface area contributed by atoms with E-state index in [-0.39, 0.29) is 35.0 Å². The maximum absolute atomic E-state index is 12.4. The molecular formula is C21H17N3O6S. The number of fused-ring (bicyclic) bond motifs is 2. The van der Waals surface area contributed by atoms with E-state index in [9.17, 15) is 28.5 Å². The smallest absolute Gasteiger partial charge is 0.339 e. The Morgan fingerprint density at radius 3 is 2.58 bits per heavy atom. The van der Waals surface area contributed by atoms with Crippen molar-refractivity contribution in [2.45, 2.75) is 4.90 Å². The van der Waals surface area contributed by atoms with Gasteiger partial charge in [-0.2, -0.15) is 13.5 Å². The van der Waals surface area contributed by atoms with E-state index in [1.807, 2.05) is 0 Å². The number of aromatic hydroxyl groups is 1. The van der Waals surface area contributed by atoms with Crippen LogP contribution in [0.1, 0.15) is 21.5 Å². The van der Waals surface area contributed by atoms with Crippen molar-refractivity contribution in [3.8, 4) is 5.75 Å². The standard InChI is InChI=1S/C21H17N3O6S/c25-10-9-24(20-15-7-3-4-8-18(15)31(29,30)23-20)22-12-17-14-6-2-1-5-13(14)11-16(19(17)26)21(27)28/h1-8,11-12,25-26H,9-10H2,(H,27,28). The molecule has 0 saturated heterocycles. The molecule has 0 amide bonds. The van der Waals surface area contributed by atoms with Gasteiger partial charge in [0.1, 0.15) is 16.2 Å². The molecule has 0 radical (unpaired) electrons. The maximum atomic E-state index is 12.4. The van der Waals surface area contributed by atoms with E-state index in [1.165, 1.54) is 23.4 Å². The number of carboxylic acids is 1. The van der Waals surface area contributed by atoms with Crippen molar-refractivity contribution in [1.29, 1.82) is 0 Å². The molecule has 0 aliphatic carbocycles. The lowest BCUT2D eigenvalue weighted by Crippen LogP contribution is -2.29. The lowest BCUT2D eigenvalue weighted by atomic mass is 10.00. The van der Waals surface area contributed by atoms with Gasteiger partial charge in [-0.05, 0) is 29.0 Å². The third kappa shape index (κ3) is 3.62. The van der Waals surface area contributed by atoms with E-state index in [4.69, 9.17) is 0 Å². The van der Waals surface area contributed by atoms with Crippen LogP contribution in [0.3, 0.4) is 0 Å². The number of aliphatic hydroxyl groups excluding tert-OH is 1. The third-order valence-corrected chi connectivity index (χ3v) is 6.11. The third-order valence-electron chi connectivity index (χ3n) is 4.79. The fourth-order valence-electron chi connectivity index (χ4n) is 3.37. The molecule has 3 aromatic rings. The zero-order valence-corrected chi connectivity index (χ0v) is 16.8. The van der Waals surface area contributed by atoms with Gasteiger partial charge in [0.15, 0.2) is 5.84 Å². The number of sulfonamides is 1. The molecule has 0 aromatic heterocycles. The Morgan fingerprint density at radius 1 is 1.13 bits per heavy atom. The van der Waals surface area contributed by atoms with Crippen LogP contribution in [0.5, 0.6) is 5.75 Å². The highest BCUT2D eigenvalue weighted by Crippen LogP contribution is 2.31. The molecule has 0 fully saturated rings. The Balaban J connectivity index is 1.84. The maximum Gasteiger partial charge on any atom is 0.339 e. The molecule has 4 rings (SSSR count). The second kappa shape index (κ2) is 7.82. The fourth-order valence-corrected chi connectivity index (χ4v) is 4.58. The number of aliphatic hydroxyl groups is 1. The van der Waals surface area contributed by atoms with E-state index < -0.39 is 21.7 Å². The van der Waals surface area contributed by atoms with Gasteiger partial charge in [0.05, 0.1) is 19.4 Å². The largest absolute Gasteiger partial charge is 0.506 e. The summed E-state index contributed by atoms with van der Waals surface area (Å²) in [4.78, 5) is 11.6. The van der Waals surface area contributed by atoms with Crippen LogP contribution in [0.25, 0.3) is 10.8 Å². The summed E-state index contributed by atoms with van der Waals surface area (Å²) in [6.45, 7) is -0.420. The quantitative estimate of drug-likeness (QED) is 0.408. The summed E-state index contributed by atoms with van der Waals surface area (Å²) in [6, 6.07) is 14.5. The average Bonchev–Trinajstić information content (AvgIpc) is 3.02. The molecule has 0 saturated carbocycles. The van der Waals surface area contributed by atoms with E-state index in [1.54, 1.807) is 42.5 Å². The number of benzene rings is 3. The molecule has 158 valence electrons. The van der Waals surface area contributed by atoms with E-state index in [0.29, 0.717) is 16.3 Å². The molecule has 0 spiro atoms. The number of phenols is 1. The molecule has 0 bridgehead atoms. The number of amidine groups is 1. The summed E-state index contributed by atoms with van der Waals surface area (Å²) in [5, 5.41) is 36.0. The fraction of sp³-hybridized carbons (Fsp3) is 0.0952. The Labute approximate surface area is 177 Å². The molecular weight excluding hydrogens is 422 g/mol. The van der Waals surface area contributed by atoms with Crippen molar-refractivity contribution < 1.29 is 28.5 Å². The Bertz CT molecular complexity index is 1360. The number of nitrogens with zero attached hydrogens (tertiary/aromatic N) is 3. The Hall–Kier alpha value is -3.76. The van der Waals surface area contributed by atoms with Crippen molar-refractivity contribution in [2.75, 3.05) is 13.2 Å². The topological polar surface area (TPSA) is 140 Å². The summed E-state index contributed by atoms with van der Waals surface area (Å²) < 4.78 is 28.5. The van der Waals surface area contributed by atoms with Crippen molar-refractivity contribution >= 4 is 38.8 Å². The van der Waals surface area contributed by atoms with Gasteiger partial charge in [0.25, 0.3) is 10.0 Å². The van der Waals surface area contributed by atoms with Gasteiger partial charge in [-0.3, -0.25) is 0 Å². The normalized spacial score (nSPS) is 14.5. The van der Waals surface area contributed by atoms with E-state index in [0.717, 1.165) is 0 Å². The van der Waals surface area contributed by atoms with Crippen LogP contribution in [0.2, 0.25) is 0 Å². The minimum Gasteiger partial charge on any atom is -0.506 e. The van der Waals surface area contributed by atoms with Crippen molar-refractivity contribution in [3.63, 3.8) is 0 Å². The molecule has 0 unspecified atom stereocenters. The summed E-state index contributed by atoms with van der Waals surface area (Å²) in [7, 11) is -3.90. The van der Waals surface area contributed by atoms with E-state index in [2.05, 4.69) is 9.50 Å². The van der Waals surface area contributed by atoms with Gasteiger partial charge < -0.3 is 15.3 Å². The zero-order valence-electron chi connectivity index (χ0n) is 16.0. The van der Waals surface area contributed by atoms with Crippen molar-refractivity contribution in [2.24, 2.45) is 9.50 Å². The Kier molecular flexibility index (Phi) is 5.17. The predicted molar refractivity (Wildman–Crippen MR) is 114 cm³/mol. The zero-order chi connectivity index (χ0) is 22.2. The van der Waals surface area contributed by atoms with Crippen LogP contribution in [0, 0.1) is 0 Å². The van der Waals surface area contributed by atoms with Gasteiger partial charge in [-0.15, -0.1) is 4.40 Å². The van der Waals surface area contributed by atoms with Crippen LogP contribution < -0.4 is 0 Å². The number of carboxylic acid groups (broad SMARTS) is 1. The monoisotopic (exact) mass is 439 g/mol. The summed E-state index contributed by atoms with van der Waals surface area (Å²) in [6.07, 6.45) is 1.23. The SMILES string of the molecule is O=C(O)c1cc2ccccc2c(C=NN(CCO)C2=NS(=O)(=O)c3ccccc32)c1O. The summed E-state index contributed by atoms with van der Waals surface area (Å²) >= 11 is 0. The molecule has 10 heteroatoms. The number of hydrogen-bond acceptors (Lipinski definition) is 7. The highest BCUT2D eigenvalue weighted by Gasteiger charge is 2.31. The minimum absolute atomic E-state index is 0.0269. The first kappa shape index (κ1) is 20.5. The van der Waals surface area contributed by atoms with Crippen LogP contribution in [0.4, 0.5) is 0 Å². The van der Waals surface area contributed by atoms with Gasteiger partial charge >= 0.3 is 5.97 Å². The van der Waals surface area contributed by atoms with Gasteiger partial charge in [0.2, 0.25) is 0 Å². The molecule has 1 aliphatic rings. The van der Waals surface area contributed by atoms with Crippen LogP contribution >= 0.6 is 0 Å². The first-order chi connectivity index (χ1) is 14.8. The number of hydrazone groups is 1. The van der Waals surface area contributed by atoms with Crippen LogP contribution in [-0.4, -0.2) is 59.9 Å². The van der Waals surface area contributed by atoms with Crippen molar-refractivity contribution in [1.82, 2.24) is 5.01 Å². The lowest BCUT2D eigenvalue weighted by molar-refractivity contribution is 0.0694. The average molecular weight is 439 g/mol. The van der Waals surface area contributed by atoms with Crippen LogP contribution in [-0.2, 0) is 10.0 Å². The first-order valence-electron chi connectivity index (χ1n) is 9.18. The highest BCUT2D eigenvalue weighted by molar-refractivity contribution is 7.90. The summed E-state index contributed by atoms with van der Waals surface area (Å²) in [5.41, 5.74) is 0.189. The molecule has 3 N–H and O–H groups in total. The second-order valence-electron chi connectivity index (χ2n) is 6.69. The molecule has 3 aromatic carbocycles. The highest BCUT2D eigenvalue weighted by atomic mass is 32.2. The Morgan fingerprint density at radius 2 is 1.84 bits per heavy atom. The number of carbonyl (C=O) groups is 1. The number of hydrogen-bond donors (Lipinski definition) is 3. The van der Waals surface area contributed by atoms with Crippen LogP contribution in [0.15, 0.2) is 69.0 Å². The number of aromatic carboxylic acids is 1. The predicted octanol–water partition coefficient (Wildman–Crippen LogP) is 2.02. The summed E-state index contributed by atoms with van der Waals surface area (Å²) in [5.74, 6) is -1.75. The second-order valence-corrected chi connectivity index (χ2v) is 8.26. The molecule has 9 nitrogen and oxygen atoms in total. The van der Waals surface area contributed by atoms with Gasteiger partial charge in [-0.1, -0.05) is 36.4 Å². The van der Waals surface area contributed by atoms with Crippen molar-refractivity contribution in [3.05, 3.63) is 71.3 Å². The first-order valence-corrected chi connectivity index (χ1v) is 10.6. The van der Waals surface area contributed by atoms with E-state index >= 15 is 0 Å². The van der Waals surface area contributed by atoms with Gasteiger partial charge in [0, 0.05) is 11.1 Å². The molecule has 0 atom stereocenters.